The Labute approximate surface area is 218 Å². The van der Waals surface area contributed by atoms with Crippen molar-refractivity contribution in [3.8, 4) is 0 Å². The number of hydrogen-bond donors (Lipinski definition) is 0. The molecule has 0 unspecified atom stereocenters. The summed E-state index contributed by atoms with van der Waals surface area (Å²) in [7, 11) is 0. The zero-order valence-electron chi connectivity index (χ0n) is 20.6. The van der Waals surface area contributed by atoms with Crippen LogP contribution in [0, 0.1) is 11.8 Å². The molecule has 4 aliphatic rings. The van der Waals surface area contributed by atoms with Crippen LogP contribution in [0.25, 0.3) is 11.1 Å². The van der Waals surface area contributed by atoms with E-state index in [0.717, 1.165) is 34.3 Å². The molecule has 0 aromatic heterocycles. The molecule has 4 aromatic rings. The van der Waals surface area contributed by atoms with Crippen LogP contribution in [0.2, 0.25) is 0 Å². The lowest BCUT2D eigenvalue weighted by Gasteiger charge is -2.55. The fourth-order valence-electron chi connectivity index (χ4n) is 7.55. The van der Waals surface area contributed by atoms with Gasteiger partial charge in [-0.2, -0.15) is 0 Å². The molecule has 0 radical (unpaired) electrons. The Kier molecular flexibility index (Phi) is 5.01. The maximum atomic E-state index is 15.4. The van der Waals surface area contributed by atoms with Gasteiger partial charge in [-0.1, -0.05) is 146 Å². The highest BCUT2D eigenvalue weighted by molar-refractivity contribution is 6.38. The maximum absolute atomic E-state index is 15.4. The van der Waals surface area contributed by atoms with E-state index in [1.54, 1.807) is 0 Å². The van der Waals surface area contributed by atoms with Crippen LogP contribution in [0.1, 0.15) is 28.7 Å². The zero-order chi connectivity index (χ0) is 24.9. The van der Waals surface area contributed by atoms with Gasteiger partial charge < -0.3 is 0 Å². The molecule has 37 heavy (non-hydrogen) atoms. The van der Waals surface area contributed by atoms with Crippen LogP contribution in [0.3, 0.4) is 0 Å². The topological polar surface area (TPSA) is 17.1 Å². The van der Waals surface area contributed by atoms with E-state index in [-0.39, 0.29) is 17.6 Å². The number of benzene rings is 4. The monoisotopic (exact) mass is 476 g/mol. The molecule has 0 saturated heterocycles. The smallest absolute Gasteiger partial charge is 0.176 e. The van der Waals surface area contributed by atoms with Crippen LogP contribution < -0.4 is 0 Å². The van der Waals surface area contributed by atoms with Gasteiger partial charge in [-0.15, -0.1) is 0 Å². The van der Waals surface area contributed by atoms with Crippen molar-refractivity contribution >= 4 is 16.9 Å². The molecule has 2 bridgehead atoms. The van der Waals surface area contributed by atoms with E-state index in [2.05, 4.69) is 127 Å². The van der Waals surface area contributed by atoms with Gasteiger partial charge in [0.05, 0.1) is 5.41 Å². The van der Waals surface area contributed by atoms with Crippen LogP contribution in [0.4, 0.5) is 0 Å². The second kappa shape index (κ2) is 8.42. The predicted octanol–water partition coefficient (Wildman–Crippen LogP) is 7.82. The van der Waals surface area contributed by atoms with Crippen molar-refractivity contribution < 1.29 is 4.79 Å². The Balaban J connectivity index is 1.72. The summed E-state index contributed by atoms with van der Waals surface area (Å²) in [5.74, 6) is 0.308. The molecule has 0 spiro atoms. The highest BCUT2D eigenvalue weighted by atomic mass is 16.1. The van der Waals surface area contributed by atoms with Crippen LogP contribution >= 0.6 is 0 Å². The molecule has 0 fully saturated rings. The highest BCUT2D eigenvalue weighted by Crippen LogP contribution is 2.70. The van der Waals surface area contributed by atoms with E-state index in [1.807, 2.05) is 18.2 Å². The Morgan fingerprint density at radius 1 is 0.541 bits per heavy atom. The normalized spacial score (nSPS) is 27.8. The highest BCUT2D eigenvalue weighted by Gasteiger charge is 2.71. The lowest BCUT2D eigenvalue weighted by molar-refractivity contribution is -0.122. The van der Waals surface area contributed by atoms with Crippen molar-refractivity contribution in [2.75, 3.05) is 0 Å². The van der Waals surface area contributed by atoms with Gasteiger partial charge in [-0.05, 0) is 40.2 Å². The molecule has 4 aliphatic carbocycles. The van der Waals surface area contributed by atoms with Crippen LogP contribution in [0.15, 0.2) is 146 Å². The summed E-state index contributed by atoms with van der Waals surface area (Å²) in [5, 5.41) is 0. The van der Waals surface area contributed by atoms with Gasteiger partial charge in [0.1, 0.15) is 0 Å². The average molecular weight is 477 g/mol. The fourth-order valence-corrected chi connectivity index (χ4v) is 7.55. The largest absolute Gasteiger partial charge is 0.293 e. The Hall–Kier alpha value is -4.23. The van der Waals surface area contributed by atoms with Crippen LogP contribution in [-0.4, -0.2) is 5.78 Å². The molecule has 4 atom stereocenters. The Morgan fingerprint density at radius 2 is 1.05 bits per heavy atom. The zero-order valence-corrected chi connectivity index (χ0v) is 20.6. The number of hydrogen-bond acceptors (Lipinski definition) is 1. The van der Waals surface area contributed by atoms with E-state index >= 15 is 4.79 Å². The van der Waals surface area contributed by atoms with Crippen LogP contribution in [0.5, 0.6) is 0 Å². The molecule has 0 aliphatic heterocycles. The Bertz CT molecular complexity index is 1550. The SMILES string of the molecule is O=C1C(c2ccccc2)=C(c2ccccc2)[C@]2(c3ccccc3)[C@H]3C=CC[C@@H](C=C3)[C@]12c1ccccc1. The third-order valence-electron chi connectivity index (χ3n) is 8.78. The van der Waals surface area contributed by atoms with Gasteiger partial charge in [-0.3, -0.25) is 4.79 Å². The summed E-state index contributed by atoms with van der Waals surface area (Å²) in [6.45, 7) is 0. The predicted molar refractivity (Wildman–Crippen MR) is 151 cm³/mol. The molecule has 4 aromatic carbocycles. The summed E-state index contributed by atoms with van der Waals surface area (Å²) < 4.78 is 0. The second-order valence-corrected chi connectivity index (χ2v) is 10.3. The van der Waals surface area contributed by atoms with Gasteiger partial charge in [-0.25, -0.2) is 0 Å². The summed E-state index contributed by atoms with van der Waals surface area (Å²) in [6, 6.07) is 42.3. The van der Waals surface area contributed by atoms with Gasteiger partial charge in [0.2, 0.25) is 0 Å². The maximum Gasteiger partial charge on any atom is 0.176 e. The summed E-state index contributed by atoms with van der Waals surface area (Å²) in [6.07, 6.45) is 10.2. The van der Waals surface area contributed by atoms with Crippen molar-refractivity contribution in [2.24, 2.45) is 11.8 Å². The minimum atomic E-state index is -0.769. The molecular formula is C36H28O. The van der Waals surface area contributed by atoms with E-state index in [9.17, 15) is 0 Å². The molecule has 1 nitrogen and oxygen atoms in total. The summed E-state index contributed by atoms with van der Waals surface area (Å²) in [4.78, 5) is 15.4. The number of ketones is 1. The van der Waals surface area contributed by atoms with Crippen molar-refractivity contribution in [2.45, 2.75) is 17.3 Å². The van der Waals surface area contributed by atoms with Crippen LogP contribution in [-0.2, 0) is 15.6 Å². The van der Waals surface area contributed by atoms with Crippen molar-refractivity contribution in [1.29, 1.82) is 0 Å². The molecule has 1 heteroatoms. The van der Waals surface area contributed by atoms with Gasteiger partial charge in [0, 0.05) is 16.9 Å². The molecule has 0 N–H and O–H groups in total. The van der Waals surface area contributed by atoms with Gasteiger partial charge >= 0.3 is 0 Å². The first-order valence-corrected chi connectivity index (χ1v) is 13.2. The average Bonchev–Trinajstić information content (AvgIpc) is 3.13. The quantitative estimate of drug-likeness (QED) is 0.274. The first kappa shape index (κ1) is 22.0. The lowest BCUT2D eigenvalue weighted by Crippen LogP contribution is -2.59. The summed E-state index contributed by atoms with van der Waals surface area (Å²) >= 11 is 0. The molecular weight excluding hydrogens is 448 g/mol. The van der Waals surface area contributed by atoms with E-state index in [0.29, 0.717) is 0 Å². The first-order chi connectivity index (χ1) is 18.3. The first-order valence-electron chi connectivity index (χ1n) is 13.2. The third-order valence-corrected chi connectivity index (χ3v) is 8.78. The van der Waals surface area contributed by atoms with E-state index in [1.165, 1.54) is 5.56 Å². The number of allylic oxidation sites excluding steroid dienone is 6. The molecule has 178 valence electrons. The molecule has 0 amide bonds. The summed E-state index contributed by atoms with van der Waals surface area (Å²) in [5.41, 5.74) is 5.05. The minimum Gasteiger partial charge on any atom is -0.293 e. The van der Waals surface area contributed by atoms with Gasteiger partial charge in [0.25, 0.3) is 0 Å². The van der Waals surface area contributed by atoms with Crippen molar-refractivity contribution in [3.63, 3.8) is 0 Å². The lowest BCUT2D eigenvalue weighted by atomic mass is 9.45. The minimum absolute atomic E-state index is 0.0363. The number of rotatable bonds is 4. The third kappa shape index (κ3) is 2.83. The van der Waals surface area contributed by atoms with E-state index in [4.69, 9.17) is 0 Å². The van der Waals surface area contributed by atoms with E-state index < -0.39 is 10.8 Å². The second-order valence-electron chi connectivity index (χ2n) is 10.3. The van der Waals surface area contributed by atoms with Crippen molar-refractivity contribution in [1.82, 2.24) is 0 Å². The molecule has 0 heterocycles. The number of carbonyl (C=O) groups excluding carboxylic acids is 1. The Morgan fingerprint density at radius 3 is 1.65 bits per heavy atom. The standard InChI is InChI=1S/C36H28O/c37-34-32(26-14-5-1-6-15-26)33(27-16-7-2-8-17-27)35(28-18-9-3-10-19-28)30-22-13-23-31(25-24-30)36(34,35)29-20-11-4-12-21-29/h1-22,24-25,30-31H,23H2/t30-,31-,35-,36+/m0/s1. The molecule has 8 rings (SSSR count). The molecule has 0 saturated carbocycles. The number of carbonyl (C=O) groups is 1. The number of Topliss-reactive ketones (excluding diaryl/α,β-unsaturated/α-hetero) is 1. The fraction of sp³-hybridized carbons (Fsp3) is 0.139. The number of fused-ring (bicyclic) bond motifs is 1. The van der Waals surface area contributed by atoms with Gasteiger partial charge in [0.15, 0.2) is 5.78 Å². The van der Waals surface area contributed by atoms with Crippen molar-refractivity contribution in [3.05, 3.63) is 168 Å².